The van der Waals surface area contributed by atoms with E-state index >= 15 is 0 Å². The van der Waals surface area contributed by atoms with Crippen molar-refractivity contribution in [3.8, 4) is 0 Å². The van der Waals surface area contributed by atoms with Gasteiger partial charge >= 0.3 is 0 Å². The van der Waals surface area contributed by atoms with Crippen molar-refractivity contribution < 1.29 is 0 Å². The summed E-state index contributed by atoms with van der Waals surface area (Å²) in [5.74, 6) is 0. The van der Waals surface area contributed by atoms with E-state index in [0.717, 1.165) is 12.8 Å². The number of hydrogen-bond donors (Lipinski definition) is 0. The lowest BCUT2D eigenvalue weighted by Crippen LogP contribution is -1.98. The molecule has 1 aromatic heterocycles. The van der Waals surface area contributed by atoms with E-state index in [1.165, 1.54) is 21.7 Å². The highest BCUT2D eigenvalue weighted by Gasteiger charge is 2.16. The number of nitrogens with zero attached hydrogens (tertiary/aromatic N) is 1. The Morgan fingerprint density at radius 2 is 2.05 bits per heavy atom. The average molecular weight is 267 g/mol. The number of thioether (sulfide) groups is 1. The molecular weight excluding hydrogens is 250 g/mol. The zero-order chi connectivity index (χ0) is 13.1. The summed E-state index contributed by atoms with van der Waals surface area (Å²) in [5, 5.41) is 0.422. The quantitative estimate of drug-likeness (QED) is 0.785. The molecule has 0 radical (unpaired) electrons. The maximum absolute atomic E-state index is 4.51. The van der Waals surface area contributed by atoms with Gasteiger partial charge in [-0.05, 0) is 18.1 Å². The van der Waals surface area contributed by atoms with Crippen LogP contribution in [-0.4, -0.2) is 4.98 Å². The SMILES string of the molecule is CCCc1cc2c(cn1)C=CC(c1ccccc1)S2. The van der Waals surface area contributed by atoms with Gasteiger partial charge < -0.3 is 0 Å². The highest BCUT2D eigenvalue weighted by atomic mass is 32.2. The minimum atomic E-state index is 0.422. The van der Waals surface area contributed by atoms with E-state index in [1.54, 1.807) is 0 Å². The van der Waals surface area contributed by atoms with Crippen molar-refractivity contribution >= 4 is 17.8 Å². The molecule has 2 heterocycles. The molecule has 0 spiro atoms. The van der Waals surface area contributed by atoms with Crippen LogP contribution < -0.4 is 0 Å². The Balaban J connectivity index is 1.88. The third kappa shape index (κ3) is 2.74. The van der Waals surface area contributed by atoms with Gasteiger partial charge in [-0.25, -0.2) is 0 Å². The van der Waals surface area contributed by atoms with Crippen molar-refractivity contribution in [2.75, 3.05) is 0 Å². The van der Waals surface area contributed by atoms with E-state index < -0.39 is 0 Å². The molecule has 0 N–H and O–H groups in total. The fraction of sp³-hybridized carbons (Fsp3) is 0.235. The van der Waals surface area contributed by atoms with E-state index in [4.69, 9.17) is 0 Å². The largest absolute Gasteiger partial charge is 0.261 e. The molecule has 0 saturated heterocycles. The third-order valence-corrected chi connectivity index (χ3v) is 4.58. The van der Waals surface area contributed by atoms with Gasteiger partial charge in [0.15, 0.2) is 0 Å². The molecule has 0 bridgehead atoms. The average Bonchev–Trinajstić information content (AvgIpc) is 2.48. The van der Waals surface area contributed by atoms with Crippen LogP contribution >= 0.6 is 11.8 Å². The number of rotatable bonds is 3. The maximum atomic E-state index is 4.51. The first-order valence-corrected chi connectivity index (χ1v) is 7.63. The second-order valence-corrected chi connectivity index (χ2v) is 5.96. The third-order valence-electron chi connectivity index (χ3n) is 3.29. The van der Waals surface area contributed by atoms with E-state index in [0.29, 0.717) is 5.25 Å². The monoisotopic (exact) mass is 267 g/mol. The van der Waals surface area contributed by atoms with Crippen molar-refractivity contribution in [2.24, 2.45) is 0 Å². The number of aromatic nitrogens is 1. The number of aryl methyl sites for hydroxylation is 1. The van der Waals surface area contributed by atoms with Gasteiger partial charge in [0.1, 0.15) is 0 Å². The molecule has 1 nitrogen and oxygen atoms in total. The second-order valence-electron chi connectivity index (χ2n) is 4.77. The van der Waals surface area contributed by atoms with Crippen LogP contribution in [0.15, 0.2) is 53.6 Å². The topological polar surface area (TPSA) is 12.9 Å². The van der Waals surface area contributed by atoms with Gasteiger partial charge in [-0.3, -0.25) is 4.98 Å². The Hall–Kier alpha value is -1.54. The molecule has 96 valence electrons. The molecule has 1 unspecified atom stereocenters. The summed E-state index contributed by atoms with van der Waals surface area (Å²) in [4.78, 5) is 5.87. The lowest BCUT2D eigenvalue weighted by atomic mass is 10.1. The Morgan fingerprint density at radius 1 is 1.21 bits per heavy atom. The predicted octanol–water partition coefficient (Wildman–Crippen LogP) is 4.89. The zero-order valence-electron chi connectivity index (χ0n) is 11.0. The normalized spacial score (nSPS) is 17.2. The highest BCUT2D eigenvalue weighted by molar-refractivity contribution is 7.99. The Labute approximate surface area is 118 Å². The number of fused-ring (bicyclic) bond motifs is 1. The van der Waals surface area contributed by atoms with Crippen molar-refractivity contribution in [1.82, 2.24) is 4.98 Å². The summed E-state index contributed by atoms with van der Waals surface area (Å²) in [6.45, 7) is 2.20. The Morgan fingerprint density at radius 3 is 2.84 bits per heavy atom. The van der Waals surface area contributed by atoms with Crippen LogP contribution in [0.25, 0.3) is 6.08 Å². The molecular formula is C17H17NS. The van der Waals surface area contributed by atoms with Crippen LogP contribution in [0.1, 0.15) is 35.4 Å². The van der Waals surface area contributed by atoms with Crippen LogP contribution in [0.2, 0.25) is 0 Å². The number of hydrogen-bond acceptors (Lipinski definition) is 2. The van der Waals surface area contributed by atoms with Gasteiger partial charge in [-0.15, -0.1) is 11.8 Å². The molecule has 2 aromatic rings. The predicted molar refractivity (Wildman–Crippen MR) is 82.3 cm³/mol. The summed E-state index contributed by atoms with van der Waals surface area (Å²) < 4.78 is 0. The molecule has 0 fully saturated rings. The van der Waals surface area contributed by atoms with Crippen molar-refractivity contribution in [1.29, 1.82) is 0 Å². The van der Waals surface area contributed by atoms with E-state index in [1.807, 2.05) is 18.0 Å². The van der Waals surface area contributed by atoms with Crippen LogP contribution in [-0.2, 0) is 6.42 Å². The molecule has 1 aromatic carbocycles. The smallest absolute Gasteiger partial charge is 0.0528 e. The van der Waals surface area contributed by atoms with Gasteiger partial charge in [-0.1, -0.05) is 55.8 Å². The molecule has 0 saturated carbocycles. The fourth-order valence-corrected chi connectivity index (χ4v) is 3.48. The molecule has 0 aliphatic carbocycles. The van der Waals surface area contributed by atoms with E-state index in [-0.39, 0.29) is 0 Å². The van der Waals surface area contributed by atoms with Crippen LogP contribution in [0.5, 0.6) is 0 Å². The van der Waals surface area contributed by atoms with Gasteiger partial charge in [0.2, 0.25) is 0 Å². The molecule has 1 atom stereocenters. The van der Waals surface area contributed by atoms with Crippen LogP contribution in [0.4, 0.5) is 0 Å². The maximum Gasteiger partial charge on any atom is 0.0528 e. The summed E-state index contributed by atoms with van der Waals surface area (Å²) in [5.41, 5.74) is 3.82. The van der Waals surface area contributed by atoms with Gasteiger partial charge in [0.25, 0.3) is 0 Å². The van der Waals surface area contributed by atoms with Gasteiger partial charge in [0, 0.05) is 22.3 Å². The molecule has 1 aliphatic heterocycles. The second kappa shape index (κ2) is 5.62. The Bertz CT molecular complexity index is 589. The van der Waals surface area contributed by atoms with Gasteiger partial charge in [-0.2, -0.15) is 0 Å². The van der Waals surface area contributed by atoms with Gasteiger partial charge in [0.05, 0.1) is 5.25 Å². The highest BCUT2D eigenvalue weighted by Crippen LogP contribution is 2.42. The summed E-state index contributed by atoms with van der Waals surface area (Å²) in [7, 11) is 0. The number of pyridine rings is 1. The minimum absolute atomic E-state index is 0.422. The van der Waals surface area contributed by atoms with E-state index in [2.05, 4.69) is 60.5 Å². The molecule has 1 aliphatic rings. The van der Waals surface area contributed by atoms with Crippen molar-refractivity contribution in [3.05, 3.63) is 65.5 Å². The van der Waals surface area contributed by atoms with Crippen molar-refractivity contribution in [2.45, 2.75) is 29.9 Å². The van der Waals surface area contributed by atoms with Crippen molar-refractivity contribution in [3.63, 3.8) is 0 Å². The first kappa shape index (κ1) is 12.5. The molecule has 3 rings (SSSR count). The summed E-state index contributed by atoms with van der Waals surface area (Å²) in [6, 6.07) is 12.9. The summed E-state index contributed by atoms with van der Waals surface area (Å²) >= 11 is 1.92. The standard InChI is InChI=1S/C17H17NS/c1-2-6-15-11-17-14(12-18-15)9-10-16(19-17)13-7-4-3-5-8-13/h3-5,7-12,16H,2,6H2,1H3. The summed E-state index contributed by atoms with van der Waals surface area (Å²) in [6.07, 6.45) is 8.68. The number of benzene rings is 1. The lowest BCUT2D eigenvalue weighted by Gasteiger charge is -2.19. The molecule has 0 amide bonds. The first-order valence-electron chi connectivity index (χ1n) is 6.75. The Kier molecular flexibility index (Phi) is 3.69. The van der Waals surface area contributed by atoms with Crippen LogP contribution in [0.3, 0.4) is 0 Å². The van der Waals surface area contributed by atoms with Crippen LogP contribution in [0, 0.1) is 0 Å². The molecule has 2 heteroatoms. The molecule has 19 heavy (non-hydrogen) atoms. The fourth-order valence-electron chi connectivity index (χ4n) is 2.30. The zero-order valence-corrected chi connectivity index (χ0v) is 11.9. The first-order chi connectivity index (χ1) is 9.36. The lowest BCUT2D eigenvalue weighted by molar-refractivity contribution is 0.874. The minimum Gasteiger partial charge on any atom is -0.261 e. The van der Waals surface area contributed by atoms with E-state index in [9.17, 15) is 0 Å².